The van der Waals surface area contributed by atoms with Gasteiger partial charge in [0.2, 0.25) is 5.91 Å². The van der Waals surface area contributed by atoms with Crippen LogP contribution in [0.3, 0.4) is 0 Å². The molecule has 150 valence electrons. The highest BCUT2D eigenvalue weighted by molar-refractivity contribution is 7.15. The Hall–Kier alpha value is -3.07. The van der Waals surface area contributed by atoms with Crippen LogP contribution in [0.4, 0.5) is 9.52 Å². The molecule has 0 aliphatic heterocycles. The Kier molecular flexibility index (Phi) is 5.39. The highest BCUT2D eigenvalue weighted by Crippen LogP contribution is 2.30. The van der Waals surface area contributed by atoms with E-state index in [0.29, 0.717) is 22.1 Å². The van der Waals surface area contributed by atoms with Crippen molar-refractivity contribution in [2.45, 2.75) is 32.2 Å². The molecule has 1 aliphatic carbocycles. The summed E-state index contributed by atoms with van der Waals surface area (Å²) in [5.74, 6) is -0.529. The molecule has 0 atom stereocenters. The number of aromatic nitrogens is 3. The number of benzene rings is 1. The van der Waals surface area contributed by atoms with Gasteiger partial charge in [-0.2, -0.15) is 5.10 Å². The lowest BCUT2D eigenvalue weighted by molar-refractivity contribution is -0.117. The van der Waals surface area contributed by atoms with Crippen LogP contribution in [0.1, 0.15) is 23.4 Å². The fourth-order valence-electron chi connectivity index (χ4n) is 3.28. The van der Waals surface area contributed by atoms with Gasteiger partial charge in [0.05, 0.1) is 18.5 Å². The first-order chi connectivity index (χ1) is 14.0. The monoisotopic (exact) mass is 414 g/mol. The van der Waals surface area contributed by atoms with Crippen molar-refractivity contribution in [2.24, 2.45) is 0 Å². The van der Waals surface area contributed by atoms with Gasteiger partial charge in [-0.1, -0.05) is 0 Å². The van der Waals surface area contributed by atoms with Gasteiger partial charge in [-0.25, -0.2) is 14.1 Å². The number of ether oxygens (including phenoxy) is 1. The fraction of sp³-hybridized carbons (Fsp3) is 0.300. The number of nitrogens with one attached hydrogen (secondary N) is 1. The Morgan fingerprint density at radius 3 is 2.90 bits per heavy atom. The molecule has 0 bridgehead atoms. The van der Waals surface area contributed by atoms with Gasteiger partial charge in [0.15, 0.2) is 5.13 Å². The number of carbonyl (C=O) groups is 1. The molecule has 1 aliphatic rings. The van der Waals surface area contributed by atoms with Gasteiger partial charge in [0, 0.05) is 22.6 Å². The van der Waals surface area contributed by atoms with Gasteiger partial charge in [-0.3, -0.25) is 9.59 Å². The minimum Gasteiger partial charge on any atom is -0.496 e. The number of aryl methyl sites for hydroxylation is 2. The summed E-state index contributed by atoms with van der Waals surface area (Å²) in [6, 6.07) is 6.88. The van der Waals surface area contributed by atoms with Crippen molar-refractivity contribution in [3.63, 3.8) is 0 Å². The lowest BCUT2D eigenvalue weighted by Gasteiger charge is -2.10. The topological polar surface area (TPSA) is 86.1 Å². The molecule has 0 saturated heterocycles. The molecule has 1 amide bonds. The molecular formula is C20H19FN4O3S. The Bertz CT molecular complexity index is 1100. The first kappa shape index (κ1) is 19.3. The molecule has 2 heterocycles. The molecule has 29 heavy (non-hydrogen) atoms. The Balaban J connectivity index is 1.54. The summed E-state index contributed by atoms with van der Waals surface area (Å²) in [6.45, 7) is -0.250. The lowest BCUT2D eigenvalue weighted by atomic mass is 10.0. The number of fused-ring (bicyclic) bond motifs is 1. The fourth-order valence-corrected chi connectivity index (χ4v) is 4.35. The highest BCUT2D eigenvalue weighted by atomic mass is 32.1. The van der Waals surface area contributed by atoms with Crippen molar-refractivity contribution >= 4 is 22.4 Å². The van der Waals surface area contributed by atoms with Crippen molar-refractivity contribution in [1.82, 2.24) is 14.8 Å². The van der Waals surface area contributed by atoms with E-state index in [9.17, 15) is 14.0 Å². The normalized spacial score (nSPS) is 13.0. The van der Waals surface area contributed by atoms with Gasteiger partial charge in [-0.05, 0) is 43.9 Å². The van der Waals surface area contributed by atoms with Crippen molar-refractivity contribution in [1.29, 1.82) is 0 Å². The van der Waals surface area contributed by atoms with Crippen LogP contribution in [-0.4, -0.2) is 27.8 Å². The van der Waals surface area contributed by atoms with Gasteiger partial charge in [0.1, 0.15) is 18.1 Å². The second kappa shape index (κ2) is 8.12. The third kappa shape index (κ3) is 4.19. The molecule has 0 saturated carbocycles. The van der Waals surface area contributed by atoms with Gasteiger partial charge < -0.3 is 10.1 Å². The minimum absolute atomic E-state index is 0.250. The lowest BCUT2D eigenvalue weighted by Crippen LogP contribution is -2.29. The number of thiazole rings is 1. The molecule has 2 aromatic heterocycles. The average molecular weight is 414 g/mol. The van der Waals surface area contributed by atoms with Crippen LogP contribution in [0.15, 0.2) is 35.1 Å². The number of hydrogen-bond donors (Lipinski definition) is 1. The standard InChI is InChI=1S/C20H19FN4O3S/c1-28-16-10-12(21)6-7-13(16)14-8-9-19(27)25(24-14)11-18(26)23-20-22-15-4-2-3-5-17(15)29-20/h6-10H,2-5,11H2,1H3,(H,22,23,26). The Morgan fingerprint density at radius 2 is 2.10 bits per heavy atom. The Morgan fingerprint density at radius 1 is 1.28 bits per heavy atom. The summed E-state index contributed by atoms with van der Waals surface area (Å²) < 4.78 is 19.7. The van der Waals surface area contributed by atoms with Crippen LogP contribution in [0.5, 0.6) is 5.75 Å². The number of anilines is 1. The molecule has 0 fully saturated rings. The second-order valence-electron chi connectivity index (χ2n) is 6.70. The first-order valence-electron chi connectivity index (χ1n) is 9.24. The molecule has 1 aromatic carbocycles. The molecule has 0 radical (unpaired) electrons. The van der Waals surface area contributed by atoms with E-state index >= 15 is 0 Å². The summed E-state index contributed by atoms with van der Waals surface area (Å²) in [5.41, 5.74) is 1.57. The minimum atomic E-state index is -0.440. The van der Waals surface area contributed by atoms with E-state index in [0.717, 1.165) is 36.1 Å². The zero-order valence-electron chi connectivity index (χ0n) is 15.8. The van der Waals surface area contributed by atoms with E-state index in [-0.39, 0.29) is 12.5 Å². The molecule has 4 rings (SSSR count). The van der Waals surface area contributed by atoms with Gasteiger partial charge >= 0.3 is 0 Å². The summed E-state index contributed by atoms with van der Waals surface area (Å²) >= 11 is 1.48. The van der Waals surface area contributed by atoms with Crippen molar-refractivity contribution < 1.29 is 13.9 Å². The SMILES string of the molecule is COc1cc(F)ccc1-c1ccc(=O)n(CC(=O)Nc2nc3c(s2)CCCC3)n1. The number of methoxy groups -OCH3 is 1. The smallest absolute Gasteiger partial charge is 0.267 e. The first-order valence-corrected chi connectivity index (χ1v) is 10.1. The van der Waals surface area contributed by atoms with Crippen LogP contribution >= 0.6 is 11.3 Å². The summed E-state index contributed by atoms with van der Waals surface area (Å²) in [4.78, 5) is 30.3. The van der Waals surface area contributed by atoms with E-state index < -0.39 is 11.4 Å². The van der Waals surface area contributed by atoms with Gasteiger partial charge in [-0.15, -0.1) is 11.3 Å². The van der Waals surface area contributed by atoms with Crippen molar-refractivity contribution in [2.75, 3.05) is 12.4 Å². The van der Waals surface area contributed by atoms with Crippen molar-refractivity contribution in [3.05, 3.63) is 57.1 Å². The van der Waals surface area contributed by atoms with Crippen LogP contribution in [0.2, 0.25) is 0 Å². The van der Waals surface area contributed by atoms with Crippen LogP contribution < -0.4 is 15.6 Å². The summed E-state index contributed by atoms with van der Waals surface area (Å²) in [6.07, 6.45) is 4.18. The van der Waals surface area contributed by atoms with E-state index in [1.807, 2.05) is 0 Å². The van der Waals surface area contributed by atoms with Crippen LogP contribution in [-0.2, 0) is 24.2 Å². The second-order valence-corrected chi connectivity index (χ2v) is 7.79. The van der Waals surface area contributed by atoms with E-state index in [2.05, 4.69) is 15.4 Å². The zero-order chi connectivity index (χ0) is 20.4. The highest BCUT2D eigenvalue weighted by Gasteiger charge is 2.17. The quantitative estimate of drug-likeness (QED) is 0.694. The van der Waals surface area contributed by atoms with E-state index in [1.165, 1.54) is 53.7 Å². The maximum Gasteiger partial charge on any atom is 0.267 e. The number of rotatable bonds is 5. The largest absolute Gasteiger partial charge is 0.496 e. The molecule has 3 aromatic rings. The number of hydrogen-bond acceptors (Lipinski definition) is 6. The predicted octanol–water partition coefficient (Wildman–Crippen LogP) is 3.03. The van der Waals surface area contributed by atoms with E-state index in [1.54, 1.807) is 0 Å². The summed E-state index contributed by atoms with van der Waals surface area (Å²) in [5, 5.41) is 7.56. The molecule has 7 nitrogen and oxygen atoms in total. The number of carbonyl (C=O) groups excluding carboxylic acids is 1. The molecular weight excluding hydrogens is 395 g/mol. The summed E-state index contributed by atoms with van der Waals surface area (Å²) in [7, 11) is 1.43. The number of nitrogens with zero attached hydrogens (tertiary/aromatic N) is 3. The van der Waals surface area contributed by atoms with Crippen molar-refractivity contribution in [3.8, 4) is 17.0 Å². The van der Waals surface area contributed by atoms with Crippen LogP contribution in [0, 0.1) is 5.82 Å². The van der Waals surface area contributed by atoms with Crippen LogP contribution in [0.25, 0.3) is 11.3 Å². The third-order valence-corrected chi connectivity index (χ3v) is 5.76. The average Bonchev–Trinajstić information content (AvgIpc) is 3.11. The Labute approximate surface area is 170 Å². The van der Waals surface area contributed by atoms with E-state index in [4.69, 9.17) is 4.74 Å². The number of halogens is 1. The molecule has 1 N–H and O–H groups in total. The zero-order valence-corrected chi connectivity index (χ0v) is 16.6. The molecule has 0 unspecified atom stereocenters. The molecule has 9 heteroatoms. The number of amides is 1. The third-order valence-electron chi connectivity index (χ3n) is 4.69. The van der Waals surface area contributed by atoms with Gasteiger partial charge in [0.25, 0.3) is 5.56 Å². The maximum atomic E-state index is 13.4. The maximum absolute atomic E-state index is 13.4. The molecule has 0 spiro atoms. The predicted molar refractivity (Wildman–Crippen MR) is 108 cm³/mol.